The number of amidine groups is 1. The summed E-state index contributed by atoms with van der Waals surface area (Å²) in [6.07, 6.45) is 1.86. The molecule has 0 saturated carbocycles. The molecule has 1 unspecified atom stereocenters. The van der Waals surface area contributed by atoms with Gasteiger partial charge in [0.2, 0.25) is 6.19 Å². The van der Waals surface area contributed by atoms with Crippen molar-refractivity contribution in [3.63, 3.8) is 0 Å². The number of nitrogens with one attached hydrogen (secondary N) is 1. The Morgan fingerprint density at radius 3 is 3.04 bits per heavy atom. The van der Waals surface area contributed by atoms with Crippen molar-refractivity contribution >= 4 is 22.6 Å². The molecule has 2 aromatic heterocycles. The van der Waals surface area contributed by atoms with Crippen molar-refractivity contribution in [3.8, 4) is 6.19 Å². The number of anilines is 1. The molecule has 6 nitrogen and oxygen atoms in total. The lowest BCUT2D eigenvalue weighted by atomic mass is 9.87. The fraction of sp³-hybridized carbons (Fsp3) is 0.474. The van der Waals surface area contributed by atoms with Gasteiger partial charge in [-0.3, -0.25) is 4.98 Å². The van der Waals surface area contributed by atoms with Crippen LogP contribution in [0.1, 0.15) is 36.3 Å². The van der Waals surface area contributed by atoms with E-state index in [9.17, 15) is 13.2 Å². The van der Waals surface area contributed by atoms with E-state index in [4.69, 9.17) is 5.26 Å². The maximum atomic E-state index is 12.9. The quantitative estimate of drug-likeness (QED) is 0.483. The number of pyridine rings is 2. The van der Waals surface area contributed by atoms with Crippen LogP contribution >= 0.6 is 0 Å². The standard InChI is InChI=1S/C19H19F3N6/c20-19(21,22)8-16(27-11-23)28-7-1-2-12(10-28)13-3-5-24-15-9-26-18-14(17(13)15)4-6-25-18/h3,5,9,12H,1-2,4,6-8,10H2,(H,25,26). The maximum Gasteiger partial charge on any atom is 0.396 e. The number of aliphatic imine (C=N–C) groups is 1. The lowest BCUT2D eigenvalue weighted by molar-refractivity contribution is -0.122. The van der Waals surface area contributed by atoms with Gasteiger partial charge in [0.1, 0.15) is 18.1 Å². The van der Waals surface area contributed by atoms with Gasteiger partial charge in [-0.2, -0.15) is 23.4 Å². The zero-order valence-electron chi connectivity index (χ0n) is 15.1. The molecule has 28 heavy (non-hydrogen) atoms. The normalized spacial score (nSPS) is 20.0. The highest BCUT2D eigenvalue weighted by molar-refractivity contribution is 5.90. The molecule has 0 spiro atoms. The molecular formula is C19H19F3N6. The van der Waals surface area contributed by atoms with Crippen LogP contribution in [0.5, 0.6) is 0 Å². The van der Waals surface area contributed by atoms with E-state index in [0.29, 0.717) is 13.1 Å². The molecule has 1 saturated heterocycles. The molecular weight excluding hydrogens is 369 g/mol. The summed E-state index contributed by atoms with van der Waals surface area (Å²) in [6.45, 7) is 1.69. The van der Waals surface area contributed by atoms with Crippen LogP contribution in [0.4, 0.5) is 19.0 Å². The zero-order valence-corrected chi connectivity index (χ0v) is 15.1. The molecule has 146 valence electrons. The third-order valence-corrected chi connectivity index (χ3v) is 5.35. The van der Waals surface area contributed by atoms with Crippen LogP contribution in [0, 0.1) is 11.5 Å². The van der Waals surface area contributed by atoms with E-state index in [0.717, 1.165) is 53.7 Å². The highest BCUT2D eigenvalue weighted by Crippen LogP contribution is 2.37. The molecule has 0 amide bonds. The summed E-state index contributed by atoms with van der Waals surface area (Å²) in [5.74, 6) is 0.702. The van der Waals surface area contributed by atoms with Crippen LogP contribution in [0.15, 0.2) is 23.5 Å². The van der Waals surface area contributed by atoms with Gasteiger partial charge in [-0.1, -0.05) is 0 Å². The third-order valence-electron chi connectivity index (χ3n) is 5.35. The Morgan fingerprint density at radius 1 is 1.39 bits per heavy atom. The number of rotatable bonds is 2. The number of nitrogens with zero attached hydrogens (tertiary/aromatic N) is 5. The number of hydrogen-bond acceptors (Lipinski definition) is 5. The van der Waals surface area contributed by atoms with Gasteiger partial charge in [0, 0.05) is 42.7 Å². The molecule has 2 aromatic rings. The lowest BCUT2D eigenvalue weighted by Crippen LogP contribution is -2.41. The smallest absolute Gasteiger partial charge is 0.369 e. The highest BCUT2D eigenvalue weighted by Gasteiger charge is 2.34. The fourth-order valence-electron chi connectivity index (χ4n) is 4.21. The molecule has 4 rings (SSSR count). The molecule has 0 radical (unpaired) electrons. The number of piperidine rings is 1. The predicted octanol–water partition coefficient (Wildman–Crippen LogP) is 3.61. The van der Waals surface area contributed by atoms with Gasteiger partial charge >= 0.3 is 6.18 Å². The first-order chi connectivity index (χ1) is 13.5. The number of alkyl halides is 3. The van der Waals surface area contributed by atoms with E-state index < -0.39 is 12.6 Å². The summed E-state index contributed by atoms with van der Waals surface area (Å²) >= 11 is 0. The minimum Gasteiger partial charge on any atom is -0.369 e. The van der Waals surface area contributed by atoms with Gasteiger partial charge in [0.15, 0.2) is 0 Å². The average molecular weight is 388 g/mol. The molecule has 2 aliphatic rings. The van der Waals surface area contributed by atoms with Crippen LogP contribution in [0.2, 0.25) is 0 Å². The van der Waals surface area contributed by atoms with Gasteiger partial charge in [-0.15, -0.1) is 0 Å². The Balaban J connectivity index is 1.68. The summed E-state index contributed by atoms with van der Waals surface area (Å²) in [5.41, 5.74) is 3.01. The lowest BCUT2D eigenvalue weighted by Gasteiger charge is -2.35. The zero-order chi connectivity index (χ0) is 19.7. The minimum absolute atomic E-state index is 0.0449. The summed E-state index contributed by atoms with van der Waals surface area (Å²) < 4.78 is 38.8. The van der Waals surface area contributed by atoms with Gasteiger partial charge in [-0.05, 0) is 30.9 Å². The minimum atomic E-state index is -4.40. The molecule has 1 atom stereocenters. The molecule has 0 aliphatic carbocycles. The van der Waals surface area contributed by atoms with Gasteiger partial charge in [0.25, 0.3) is 0 Å². The second-order valence-corrected chi connectivity index (χ2v) is 7.13. The van der Waals surface area contributed by atoms with Crippen molar-refractivity contribution in [3.05, 3.63) is 29.6 Å². The Hall–Kier alpha value is -2.89. The third kappa shape index (κ3) is 3.59. The van der Waals surface area contributed by atoms with E-state index in [1.807, 2.05) is 6.07 Å². The van der Waals surface area contributed by atoms with Crippen molar-refractivity contribution < 1.29 is 13.2 Å². The number of fused-ring (bicyclic) bond motifs is 3. The Labute approximate surface area is 160 Å². The van der Waals surface area contributed by atoms with Gasteiger partial charge in [0.05, 0.1) is 11.7 Å². The SMILES string of the molecule is N#CN=C(CC(F)(F)F)N1CCCC(c2ccnc3cnc4c(c23)CCN4)C1. The largest absolute Gasteiger partial charge is 0.396 e. The van der Waals surface area contributed by atoms with Crippen molar-refractivity contribution in [2.45, 2.75) is 37.8 Å². The first-order valence-electron chi connectivity index (χ1n) is 9.24. The molecule has 0 aromatic carbocycles. The van der Waals surface area contributed by atoms with E-state index in [2.05, 4.69) is 20.3 Å². The summed E-state index contributed by atoms with van der Waals surface area (Å²) in [6, 6.07) is 1.96. The van der Waals surface area contributed by atoms with Crippen molar-refractivity contribution in [2.75, 3.05) is 25.0 Å². The van der Waals surface area contributed by atoms with Crippen LogP contribution < -0.4 is 5.32 Å². The van der Waals surface area contributed by atoms with E-state index in [-0.39, 0.29) is 11.8 Å². The molecule has 9 heteroatoms. The first-order valence-corrected chi connectivity index (χ1v) is 9.24. The summed E-state index contributed by atoms with van der Waals surface area (Å²) in [5, 5.41) is 13.2. The molecule has 4 heterocycles. The van der Waals surface area contributed by atoms with Crippen LogP contribution in [-0.2, 0) is 6.42 Å². The van der Waals surface area contributed by atoms with Gasteiger partial charge < -0.3 is 10.2 Å². The highest BCUT2D eigenvalue weighted by atomic mass is 19.4. The fourth-order valence-corrected chi connectivity index (χ4v) is 4.21. The molecule has 1 fully saturated rings. The number of aromatic nitrogens is 2. The predicted molar refractivity (Wildman–Crippen MR) is 99.0 cm³/mol. The van der Waals surface area contributed by atoms with Crippen molar-refractivity contribution in [1.29, 1.82) is 5.26 Å². The molecule has 1 N–H and O–H groups in total. The second kappa shape index (κ2) is 7.26. The van der Waals surface area contributed by atoms with Crippen LogP contribution in [0.25, 0.3) is 10.9 Å². The first kappa shape index (κ1) is 18.5. The maximum absolute atomic E-state index is 12.9. The topological polar surface area (TPSA) is 77.2 Å². The molecule has 0 bridgehead atoms. The van der Waals surface area contributed by atoms with Crippen molar-refractivity contribution in [1.82, 2.24) is 14.9 Å². The summed E-state index contributed by atoms with van der Waals surface area (Å²) in [4.78, 5) is 13.9. The Morgan fingerprint density at radius 2 is 2.25 bits per heavy atom. The average Bonchev–Trinajstić information content (AvgIpc) is 3.15. The van der Waals surface area contributed by atoms with Crippen LogP contribution in [-0.4, -0.2) is 46.5 Å². The number of nitriles is 1. The second-order valence-electron chi connectivity index (χ2n) is 7.13. The Kier molecular flexibility index (Phi) is 4.79. The summed E-state index contributed by atoms with van der Waals surface area (Å²) in [7, 11) is 0. The van der Waals surface area contributed by atoms with E-state index in [1.165, 1.54) is 6.19 Å². The van der Waals surface area contributed by atoms with E-state index in [1.54, 1.807) is 17.3 Å². The van der Waals surface area contributed by atoms with Crippen molar-refractivity contribution in [2.24, 2.45) is 4.99 Å². The molecule has 2 aliphatic heterocycles. The van der Waals surface area contributed by atoms with Crippen LogP contribution in [0.3, 0.4) is 0 Å². The number of halogens is 3. The number of hydrogen-bond donors (Lipinski definition) is 1. The monoisotopic (exact) mass is 388 g/mol. The Bertz CT molecular complexity index is 963. The van der Waals surface area contributed by atoms with Gasteiger partial charge in [-0.25, -0.2) is 4.98 Å². The number of likely N-dealkylation sites (tertiary alicyclic amines) is 1. The van der Waals surface area contributed by atoms with E-state index >= 15 is 0 Å².